The molecule has 0 aliphatic heterocycles. The molecule has 1 aromatic carbocycles. The Morgan fingerprint density at radius 1 is 1.29 bits per heavy atom. The standard InChI is InChI=1S/C12H14FN3O/c1-8-5-10(3-4-11(8)13)6-14-7-12-15-9(2)17-16-12/h3-5,14H,6-7H2,1-2H3. The maximum absolute atomic E-state index is 13.0. The van der Waals surface area contributed by atoms with Gasteiger partial charge in [-0.15, -0.1) is 0 Å². The molecule has 0 aliphatic rings. The van der Waals surface area contributed by atoms with Gasteiger partial charge in [-0.3, -0.25) is 0 Å². The molecular weight excluding hydrogens is 221 g/mol. The van der Waals surface area contributed by atoms with Gasteiger partial charge in [0.05, 0.1) is 6.54 Å². The summed E-state index contributed by atoms with van der Waals surface area (Å²) in [4.78, 5) is 4.07. The van der Waals surface area contributed by atoms with Gasteiger partial charge in [0.25, 0.3) is 0 Å². The zero-order valence-electron chi connectivity index (χ0n) is 9.83. The quantitative estimate of drug-likeness (QED) is 0.881. The fraction of sp³-hybridized carbons (Fsp3) is 0.333. The molecule has 2 rings (SSSR count). The average Bonchev–Trinajstić information content (AvgIpc) is 2.70. The summed E-state index contributed by atoms with van der Waals surface area (Å²) in [5, 5.41) is 6.94. The van der Waals surface area contributed by atoms with Crippen LogP contribution in [0.25, 0.3) is 0 Å². The van der Waals surface area contributed by atoms with Crippen molar-refractivity contribution in [2.24, 2.45) is 0 Å². The third-order valence-electron chi connectivity index (χ3n) is 2.40. The van der Waals surface area contributed by atoms with E-state index >= 15 is 0 Å². The van der Waals surface area contributed by atoms with Gasteiger partial charge in [0, 0.05) is 13.5 Å². The number of aryl methyl sites for hydroxylation is 2. The average molecular weight is 235 g/mol. The highest BCUT2D eigenvalue weighted by atomic mass is 19.1. The molecule has 0 saturated carbocycles. The molecule has 0 aliphatic carbocycles. The van der Waals surface area contributed by atoms with Crippen LogP contribution in [-0.2, 0) is 13.1 Å². The van der Waals surface area contributed by atoms with Gasteiger partial charge in [-0.2, -0.15) is 4.98 Å². The second-order valence-corrected chi connectivity index (χ2v) is 3.92. The minimum absolute atomic E-state index is 0.178. The van der Waals surface area contributed by atoms with Gasteiger partial charge in [0.1, 0.15) is 5.82 Å². The van der Waals surface area contributed by atoms with Crippen LogP contribution in [0.3, 0.4) is 0 Å². The van der Waals surface area contributed by atoms with E-state index in [9.17, 15) is 4.39 Å². The summed E-state index contributed by atoms with van der Waals surface area (Å²) in [6.45, 7) is 4.68. The summed E-state index contributed by atoms with van der Waals surface area (Å²) < 4.78 is 17.9. The third-order valence-corrected chi connectivity index (χ3v) is 2.40. The van der Waals surface area contributed by atoms with Crippen molar-refractivity contribution in [2.45, 2.75) is 26.9 Å². The molecule has 2 aromatic rings. The summed E-state index contributed by atoms with van der Waals surface area (Å²) in [7, 11) is 0. The highest BCUT2D eigenvalue weighted by Gasteiger charge is 2.02. The third kappa shape index (κ3) is 3.10. The first kappa shape index (κ1) is 11.7. The first-order chi connectivity index (χ1) is 8.15. The first-order valence-electron chi connectivity index (χ1n) is 5.40. The largest absolute Gasteiger partial charge is 0.340 e. The lowest BCUT2D eigenvalue weighted by Crippen LogP contribution is -2.13. The molecule has 17 heavy (non-hydrogen) atoms. The highest BCUT2D eigenvalue weighted by molar-refractivity contribution is 5.23. The van der Waals surface area contributed by atoms with Gasteiger partial charge in [0.2, 0.25) is 5.89 Å². The van der Waals surface area contributed by atoms with Crippen LogP contribution in [0.5, 0.6) is 0 Å². The summed E-state index contributed by atoms with van der Waals surface area (Å²) in [5.74, 6) is 1.00. The molecule has 0 fully saturated rings. The first-order valence-corrected chi connectivity index (χ1v) is 5.40. The minimum Gasteiger partial charge on any atom is -0.340 e. The molecule has 0 unspecified atom stereocenters. The van der Waals surface area contributed by atoms with E-state index in [1.54, 1.807) is 19.9 Å². The van der Waals surface area contributed by atoms with Crippen LogP contribution >= 0.6 is 0 Å². The molecule has 0 atom stereocenters. The number of nitrogens with zero attached hydrogens (tertiary/aromatic N) is 2. The topological polar surface area (TPSA) is 51.0 Å². The van der Waals surface area contributed by atoms with E-state index < -0.39 is 0 Å². The summed E-state index contributed by atoms with van der Waals surface area (Å²) in [6.07, 6.45) is 0. The lowest BCUT2D eigenvalue weighted by molar-refractivity contribution is 0.385. The maximum Gasteiger partial charge on any atom is 0.223 e. The van der Waals surface area contributed by atoms with E-state index in [0.717, 1.165) is 5.56 Å². The molecular formula is C12H14FN3O. The number of aromatic nitrogens is 2. The van der Waals surface area contributed by atoms with Crippen molar-refractivity contribution in [3.63, 3.8) is 0 Å². The smallest absolute Gasteiger partial charge is 0.223 e. The molecule has 0 radical (unpaired) electrons. The van der Waals surface area contributed by atoms with Crippen LogP contribution in [0.4, 0.5) is 4.39 Å². The predicted octanol–water partition coefficient (Wildman–Crippen LogP) is 2.12. The second kappa shape index (κ2) is 5.05. The van der Waals surface area contributed by atoms with Gasteiger partial charge in [-0.1, -0.05) is 17.3 Å². The van der Waals surface area contributed by atoms with Crippen LogP contribution in [0.2, 0.25) is 0 Å². The van der Waals surface area contributed by atoms with Crippen molar-refractivity contribution in [1.29, 1.82) is 0 Å². The van der Waals surface area contributed by atoms with E-state index in [1.807, 2.05) is 6.07 Å². The van der Waals surface area contributed by atoms with E-state index in [-0.39, 0.29) is 5.82 Å². The number of rotatable bonds is 4. The zero-order chi connectivity index (χ0) is 12.3. The second-order valence-electron chi connectivity index (χ2n) is 3.92. The molecule has 0 bridgehead atoms. The molecule has 1 heterocycles. The molecule has 4 nitrogen and oxygen atoms in total. The van der Waals surface area contributed by atoms with Crippen LogP contribution < -0.4 is 5.32 Å². The van der Waals surface area contributed by atoms with Crippen LogP contribution in [0.1, 0.15) is 22.8 Å². The highest BCUT2D eigenvalue weighted by Crippen LogP contribution is 2.09. The molecule has 0 spiro atoms. The van der Waals surface area contributed by atoms with Crippen molar-refractivity contribution in [3.8, 4) is 0 Å². The van der Waals surface area contributed by atoms with Gasteiger partial charge in [-0.05, 0) is 24.1 Å². The Hall–Kier alpha value is -1.75. The number of halogens is 1. The summed E-state index contributed by atoms with van der Waals surface area (Å²) >= 11 is 0. The van der Waals surface area contributed by atoms with E-state index in [0.29, 0.717) is 30.4 Å². The molecule has 90 valence electrons. The number of benzene rings is 1. The lowest BCUT2D eigenvalue weighted by atomic mass is 10.1. The summed E-state index contributed by atoms with van der Waals surface area (Å²) in [6, 6.07) is 5.06. The molecule has 0 saturated heterocycles. The number of hydrogen-bond acceptors (Lipinski definition) is 4. The van der Waals surface area contributed by atoms with Crippen molar-refractivity contribution >= 4 is 0 Å². The minimum atomic E-state index is -0.178. The molecule has 0 amide bonds. The lowest BCUT2D eigenvalue weighted by Gasteiger charge is -2.04. The van der Waals surface area contributed by atoms with Crippen molar-refractivity contribution in [2.75, 3.05) is 0 Å². The van der Waals surface area contributed by atoms with Crippen molar-refractivity contribution < 1.29 is 8.91 Å². The maximum atomic E-state index is 13.0. The number of nitrogens with one attached hydrogen (secondary N) is 1. The van der Waals surface area contributed by atoms with Crippen LogP contribution in [-0.4, -0.2) is 10.1 Å². The van der Waals surface area contributed by atoms with Gasteiger partial charge in [0.15, 0.2) is 5.82 Å². The fourth-order valence-electron chi connectivity index (χ4n) is 1.55. The Bertz CT molecular complexity index is 510. The van der Waals surface area contributed by atoms with Gasteiger partial charge < -0.3 is 9.84 Å². The predicted molar refractivity (Wildman–Crippen MR) is 60.7 cm³/mol. The van der Waals surface area contributed by atoms with Gasteiger partial charge in [-0.25, -0.2) is 4.39 Å². The fourth-order valence-corrected chi connectivity index (χ4v) is 1.55. The number of hydrogen-bond donors (Lipinski definition) is 1. The van der Waals surface area contributed by atoms with E-state index in [2.05, 4.69) is 15.5 Å². The molecule has 1 N–H and O–H groups in total. The molecule has 5 heteroatoms. The van der Waals surface area contributed by atoms with Crippen LogP contribution in [0, 0.1) is 19.7 Å². The normalized spacial score (nSPS) is 10.8. The monoisotopic (exact) mass is 235 g/mol. The Morgan fingerprint density at radius 2 is 2.12 bits per heavy atom. The summed E-state index contributed by atoms with van der Waals surface area (Å²) in [5.41, 5.74) is 1.68. The van der Waals surface area contributed by atoms with E-state index in [4.69, 9.17) is 4.52 Å². The molecule has 1 aromatic heterocycles. The van der Waals surface area contributed by atoms with Crippen molar-refractivity contribution in [3.05, 3.63) is 46.9 Å². The Morgan fingerprint density at radius 3 is 2.76 bits per heavy atom. The van der Waals surface area contributed by atoms with Crippen LogP contribution in [0.15, 0.2) is 22.7 Å². The Labute approximate surface area is 98.8 Å². The zero-order valence-corrected chi connectivity index (χ0v) is 9.83. The van der Waals surface area contributed by atoms with Gasteiger partial charge >= 0.3 is 0 Å². The van der Waals surface area contributed by atoms with E-state index in [1.165, 1.54) is 6.07 Å². The Kier molecular flexibility index (Phi) is 3.49. The Balaban J connectivity index is 1.87. The van der Waals surface area contributed by atoms with Crippen molar-refractivity contribution in [1.82, 2.24) is 15.5 Å². The SMILES string of the molecule is Cc1nc(CNCc2ccc(F)c(C)c2)no1.